The smallest absolute Gasteiger partial charge is 0.123 e. The largest absolute Gasteiger partial charge is 0.377 e. The van der Waals surface area contributed by atoms with Crippen LogP contribution in [-0.4, -0.2) is 13.2 Å². The maximum atomic E-state index is 12.6. The number of ether oxygens (including phenoxy) is 1. The van der Waals surface area contributed by atoms with Crippen LogP contribution in [0.1, 0.15) is 24.8 Å². The average Bonchev–Trinajstić information content (AvgIpc) is 2.26. The van der Waals surface area contributed by atoms with E-state index >= 15 is 0 Å². The Bertz CT molecular complexity index is 261. The predicted octanol–water partition coefficient (Wildman–Crippen LogP) is 2.47. The molecule has 0 aliphatic carbocycles. The molecule has 0 saturated carbocycles. The zero-order valence-electron chi connectivity index (χ0n) is 8.92. The minimum Gasteiger partial charge on any atom is -0.377 e. The van der Waals surface area contributed by atoms with Gasteiger partial charge in [0.15, 0.2) is 0 Å². The van der Waals surface area contributed by atoms with E-state index in [1.165, 1.54) is 12.1 Å². The fourth-order valence-corrected chi connectivity index (χ4v) is 1.30. The summed E-state index contributed by atoms with van der Waals surface area (Å²) < 4.78 is 18.0. The Balaban J connectivity index is 2.07. The molecular weight excluding hydrogens is 193 g/mol. The van der Waals surface area contributed by atoms with Gasteiger partial charge in [-0.15, -0.1) is 0 Å². The molecule has 0 aliphatic heterocycles. The van der Waals surface area contributed by atoms with Crippen molar-refractivity contribution in [3.05, 3.63) is 35.6 Å². The first-order valence-corrected chi connectivity index (χ1v) is 5.35. The van der Waals surface area contributed by atoms with Crippen molar-refractivity contribution in [3.8, 4) is 0 Å². The second kappa shape index (κ2) is 7.37. The molecule has 0 spiro atoms. The quantitative estimate of drug-likeness (QED) is 0.703. The first-order chi connectivity index (χ1) is 7.33. The van der Waals surface area contributed by atoms with E-state index in [-0.39, 0.29) is 5.82 Å². The predicted molar refractivity (Wildman–Crippen MR) is 59.0 cm³/mol. The molecule has 1 aromatic carbocycles. The van der Waals surface area contributed by atoms with Crippen LogP contribution >= 0.6 is 0 Å². The normalized spacial score (nSPS) is 10.5. The highest BCUT2D eigenvalue weighted by Gasteiger charge is 1.94. The van der Waals surface area contributed by atoms with Crippen molar-refractivity contribution in [1.29, 1.82) is 0 Å². The van der Waals surface area contributed by atoms with Gasteiger partial charge < -0.3 is 10.5 Å². The van der Waals surface area contributed by atoms with E-state index in [2.05, 4.69) is 0 Å². The lowest BCUT2D eigenvalue weighted by molar-refractivity contribution is 0.117. The third-order valence-electron chi connectivity index (χ3n) is 2.17. The van der Waals surface area contributed by atoms with Crippen molar-refractivity contribution >= 4 is 0 Å². The minimum absolute atomic E-state index is 0.207. The number of hydrogen-bond acceptors (Lipinski definition) is 2. The van der Waals surface area contributed by atoms with Gasteiger partial charge in [0.25, 0.3) is 0 Å². The van der Waals surface area contributed by atoms with Gasteiger partial charge >= 0.3 is 0 Å². The summed E-state index contributed by atoms with van der Waals surface area (Å²) in [5.41, 5.74) is 6.38. The van der Waals surface area contributed by atoms with E-state index in [1.54, 1.807) is 12.1 Å². The van der Waals surface area contributed by atoms with E-state index in [4.69, 9.17) is 10.5 Å². The maximum absolute atomic E-state index is 12.6. The van der Waals surface area contributed by atoms with E-state index in [0.717, 1.165) is 38.0 Å². The molecule has 0 atom stereocenters. The fraction of sp³-hybridized carbons (Fsp3) is 0.500. The maximum Gasteiger partial charge on any atom is 0.123 e. The van der Waals surface area contributed by atoms with Crippen molar-refractivity contribution in [2.75, 3.05) is 13.2 Å². The van der Waals surface area contributed by atoms with Crippen LogP contribution in [0, 0.1) is 5.82 Å². The van der Waals surface area contributed by atoms with Crippen molar-refractivity contribution in [1.82, 2.24) is 0 Å². The number of halogens is 1. The summed E-state index contributed by atoms with van der Waals surface area (Å²) in [6.45, 7) is 2.05. The summed E-state index contributed by atoms with van der Waals surface area (Å²) in [4.78, 5) is 0. The lowest BCUT2D eigenvalue weighted by Gasteiger charge is -2.03. The monoisotopic (exact) mass is 211 g/mol. The van der Waals surface area contributed by atoms with Crippen LogP contribution < -0.4 is 5.73 Å². The van der Waals surface area contributed by atoms with E-state index < -0.39 is 0 Å². The molecule has 0 heterocycles. The minimum atomic E-state index is -0.207. The second-order valence-electron chi connectivity index (χ2n) is 3.53. The molecule has 0 saturated heterocycles. The third-order valence-corrected chi connectivity index (χ3v) is 2.17. The van der Waals surface area contributed by atoms with Gasteiger partial charge in [-0.3, -0.25) is 0 Å². The van der Waals surface area contributed by atoms with Gasteiger partial charge in [-0.05, 0) is 43.5 Å². The van der Waals surface area contributed by atoms with Crippen molar-refractivity contribution in [3.63, 3.8) is 0 Å². The Kier molecular flexibility index (Phi) is 5.97. The van der Waals surface area contributed by atoms with Crippen LogP contribution in [0.15, 0.2) is 24.3 Å². The van der Waals surface area contributed by atoms with Gasteiger partial charge in [0.2, 0.25) is 0 Å². The molecule has 2 nitrogen and oxygen atoms in total. The Morgan fingerprint density at radius 1 is 1.07 bits per heavy atom. The van der Waals surface area contributed by atoms with E-state index in [9.17, 15) is 4.39 Å². The molecule has 2 N–H and O–H groups in total. The van der Waals surface area contributed by atoms with Crippen molar-refractivity contribution < 1.29 is 9.13 Å². The molecule has 3 heteroatoms. The molecule has 1 rings (SSSR count). The number of unbranched alkanes of at least 4 members (excludes halogenated alkanes) is 2. The lowest BCUT2D eigenvalue weighted by Crippen LogP contribution is -2.00. The first kappa shape index (κ1) is 12.1. The molecule has 0 unspecified atom stereocenters. The van der Waals surface area contributed by atoms with Crippen molar-refractivity contribution in [2.45, 2.75) is 25.9 Å². The van der Waals surface area contributed by atoms with Gasteiger partial charge in [0, 0.05) is 6.61 Å². The van der Waals surface area contributed by atoms with Gasteiger partial charge in [0.05, 0.1) is 6.61 Å². The Morgan fingerprint density at radius 2 is 1.80 bits per heavy atom. The Labute approximate surface area is 90.2 Å². The summed E-state index contributed by atoms with van der Waals surface area (Å²) >= 11 is 0. The van der Waals surface area contributed by atoms with Crippen molar-refractivity contribution in [2.24, 2.45) is 5.73 Å². The van der Waals surface area contributed by atoms with Crippen LogP contribution in [0.5, 0.6) is 0 Å². The van der Waals surface area contributed by atoms with Gasteiger partial charge in [-0.25, -0.2) is 4.39 Å². The highest BCUT2D eigenvalue weighted by Crippen LogP contribution is 2.04. The zero-order chi connectivity index (χ0) is 10.9. The van der Waals surface area contributed by atoms with Crippen LogP contribution in [-0.2, 0) is 11.3 Å². The second-order valence-corrected chi connectivity index (χ2v) is 3.53. The van der Waals surface area contributed by atoms with Gasteiger partial charge in [-0.2, -0.15) is 0 Å². The highest BCUT2D eigenvalue weighted by molar-refractivity contribution is 5.14. The SMILES string of the molecule is NCCCCCOCc1ccc(F)cc1. The number of hydrogen-bond donors (Lipinski definition) is 1. The zero-order valence-corrected chi connectivity index (χ0v) is 8.92. The number of benzene rings is 1. The number of rotatable bonds is 7. The van der Waals surface area contributed by atoms with E-state index in [0.29, 0.717) is 6.61 Å². The topological polar surface area (TPSA) is 35.2 Å². The lowest BCUT2D eigenvalue weighted by atomic mass is 10.2. The highest BCUT2D eigenvalue weighted by atomic mass is 19.1. The van der Waals surface area contributed by atoms with E-state index in [1.807, 2.05) is 0 Å². The Morgan fingerprint density at radius 3 is 2.47 bits per heavy atom. The molecule has 1 aromatic rings. The van der Waals surface area contributed by atoms with Crippen LogP contribution in [0.25, 0.3) is 0 Å². The van der Waals surface area contributed by atoms with Crippen LogP contribution in [0.4, 0.5) is 4.39 Å². The van der Waals surface area contributed by atoms with Gasteiger partial charge in [-0.1, -0.05) is 12.1 Å². The molecule has 0 aromatic heterocycles. The molecule has 0 aliphatic rings. The fourth-order valence-electron chi connectivity index (χ4n) is 1.30. The standard InChI is InChI=1S/C12H18FNO/c13-12-6-4-11(5-7-12)10-15-9-3-1-2-8-14/h4-7H,1-3,8-10,14H2. The number of nitrogens with two attached hydrogens (primary N) is 1. The molecule has 84 valence electrons. The first-order valence-electron chi connectivity index (χ1n) is 5.35. The third kappa shape index (κ3) is 5.50. The van der Waals surface area contributed by atoms with Gasteiger partial charge in [0.1, 0.15) is 5.82 Å². The molecular formula is C12H18FNO. The summed E-state index contributed by atoms with van der Waals surface area (Å²) in [7, 11) is 0. The molecule has 0 bridgehead atoms. The molecule has 0 amide bonds. The summed E-state index contributed by atoms with van der Waals surface area (Å²) in [6, 6.07) is 6.39. The summed E-state index contributed by atoms with van der Waals surface area (Å²) in [5.74, 6) is -0.207. The molecule has 0 fully saturated rings. The van der Waals surface area contributed by atoms with Crippen LogP contribution in [0.3, 0.4) is 0 Å². The Hall–Kier alpha value is -0.930. The molecule has 15 heavy (non-hydrogen) atoms. The molecule has 0 radical (unpaired) electrons. The summed E-state index contributed by atoms with van der Waals surface area (Å²) in [6.07, 6.45) is 3.21. The average molecular weight is 211 g/mol. The van der Waals surface area contributed by atoms with Crippen LogP contribution in [0.2, 0.25) is 0 Å². The summed E-state index contributed by atoms with van der Waals surface area (Å²) in [5, 5.41) is 0.